The van der Waals surface area contributed by atoms with Gasteiger partial charge in [0, 0.05) is 26.2 Å². The van der Waals surface area contributed by atoms with Gasteiger partial charge in [-0.1, -0.05) is 6.92 Å². The first-order valence-corrected chi connectivity index (χ1v) is 6.01. The summed E-state index contributed by atoms with van der Waals surface area (Å²) in [6, 6.07) is 0. The second-order valence-corrected chi connectivity index (χ2v) is 4.95. The topological polar surface area (TPSA) is 41.5 Å². The van der Waals surface area contributed by atoms with Crippen LogP contribution in [0.1, 0.15) is 33.1 Å². The third-order valence-corrected chi connectivity index (χ3v) is 3.88. The molecule has 1 aliphatic heterocycles. The number of methoxy groups -OCH3 is 1. The minimum atomic E-state index is -0.564. The molecule has 0 saturated carbocycles. The third-order valence-electron chi connectivity index (χ3n) is 3.88. The molecule has 1 fully saturated rings. The van der Waals surface area contributed by atoms with Crippen LogP contribution < -0.4 is 5.32 Å². The Morgan fingerprint density at radius 1 is 1.60 bits per heavy atom. The van der Waals surface area contributed by atoms with Gasteiger partial charge < -0.3 is 15.2 Å². The molecule has 3 nitrogen and oxygen atoms in total. The first-order chi connectivity index (χ1) is 7.09. The van der Waals surface area contributed by atoms with Gasteiger partial charge in [0.25, 0.3) is 0 Å². The lowest BCUT2D eigenvalue weighted by molar-refractivity contribution is -0.0626. The standard InChI is InChI=1S/C12H25NO2/c1-10(6-8-15-3)12(2,14)11-5-4-7-13-9-11/h10-11,13-14H,4-9H2,1-3H3. The van der Waals surface area contributed by atoms with Crippen molar-refractivity contribution >= 4 is 0 Å². The molecule has 0 aromatic heterocycles. The Hall–Kier alpha value is -0.120. The Balaban J connectivity index is 2.46. The number of hydrogen-bond donors (Lipinski definition) is 2. The summed E-state index contributed by atoms with van der Waals surface area (Å²) >= 11 is 0. The number of aliphatic hydroxyl groups is 1. The maximum Gasteiger partial charge on any atom is 0.0686 e. The maximum absolute atomic E-state index is 10.5. The molecule has 15 heavy (non-hydrogen) atoms. The lowest BCUT2D eigenvalue weighted by Crippen LogP contribution is -2.48. The average molecular weight is 215 g/mol. The quantitative estimate of drug-likeness (QED) is 0.728. The Morgan fingerprint density at radius 3 is 2.87 bits per heavy atom. The fourth-order valence-corrected chi connectivity index (χ4v) is 2.34. The van der Waals surface area contributed by atoms with Crippen LogP contribution >= 0.6 is 0 Å². The largest absolute Gasteiger partial charge is 0.390 e. The van der Waals surface area contributed by atoms with Gasteiger partial charge >= 0.3 is 0 Å². The molecule has 90 valence electrons. The van der Waals surface area contributed by atoms with Crippen molar-refractivity contribution in [2.24, 2.45) is 11.8 Å². The molecule has 0 aromatic carbocycles. The van der Waals surface area contributed by atoms with E-state index in [2.05, 4.69) is 12.2 Å². The molecule has 0 radical (unpaired) electrons. The molecule has 0 aliphatic carbocycles. The molecule has 3 heteroatoms. The molecular weight excluding hydrogens is 190 g/mol. The molecule has 0 spiro atoms. The van der Waals surface area contributed by atoms with Crippen LogP contribution in [0.4, 0.5) is 0 Å². The zero-order valence-corrected chi connectivity index (χ0v) is 10.3. The molecular formula is C12H25NO2. The number of nitrogens with one attached hydrogen (secondary N) is 1. The minimum Gasteiger partial charge on any atom is -0.390 e. The predicted octanol–water partition coefficient (Wildman–Crippen LogP) is 1.41. The van der Waals surface area contributed by atoms with Gasteiger partial charge in [0.05, 0.1) is 5.60 Å². The maximum atomic E-state index is 10.5. The summed E-state index contributed by atoms with van der Waals surface area (Å²) in [7, 11) is 1.71. The number of ether oxygens (including phenoxy) is 1. The summed E-state index contributed by atoms with van der Waals surface area (Å²) in [5.74, 6) is 0.681. The first kappa shape index (κ1) is 12.9. The van der Waals surface area contributed by atoms with Gasteiger partial charge in [-0.2, -0.15) is 0 Å². The van der Waals surface area contributed by atoms with Crippen molar-refractivity contribution in [1.82, 2.24) is 5.32 Å². The first-order valence-electron chi connectivity index (χ1n) is 6.01. The average Bonchev–Trinajstić information content (AvgIpc) is 2.27. The van der Waals surface area contributed by atoms with Crippen molar-refractivity contribution in [3.05, 3.63) is 0 Å². The molecule has 0 amide bonds. The fourth-order valence-electron chi connectivity index (χ4n) is 2.34. The Labute approximate surface area is 93.2 Å². The molecule has 3 atom stereocenters. The van der Waals surface area contributed by atoms with Crippen LogP contribution in [0.15, 0.2) is 0 Å². The van der Waals surface area contributed by atoms with Crippen molar-refractivity contribution < 1.29 is 9.84 Å². The lowest BCUT2D eigenvalue weighted by atomic mass is 9.75. The van der Waals surface area contributed by atoms with E-state index in [1.54, 1.807) is 7.11 Å². The second kappa shape index (κ2) is 5.83. The van der Waals surface area contributed by atoms with Crippen LogP contribution in [0.5, 0.6) is 0 Å². The zero-order valence-electron chi connectivity index (χ0n) is 10.3. The van der Waals surface area contributed by atoms with Crippen LogP contribution in [0.3, 0.4) is 0 Å². The molecule has 0 aromatic rings. The van der Waals surface area contributed by atoms with E-state index in [-0.39, 0.29) is 0 Å². The minimum absolute atomic E-state index is 0.294. The van der Waals surface area contributed by atoms with Crippen LogP contribution in [-0.4, -0.2) is 37.5 Å². The highest BCUT2D eigenvalue weighted by atomic mass is 16.5. The summed E-state index contributed by atoms with van der Waals surface area (Å²) in [6.45, 7) is 6.87. The summed E-state index contributed by atoms with van der Waals surface area (Å²) < 4.78 is 5.07. The van der Waals surface area contributed by atoms with E-state index >= 15 is 0 Å². The van der Waals surface area contributed by atoms with E-state index < -0.39 is 5.60 Å². The summed E-state index contributed by atoms with van der Waals surface area (Å²) in [5.41, 5.74) is -0.564. The monoisotopic (exact) mass is 215 g/mol. The van der Waals surface area contributed by atoms with Crippen molar-refractivity contribution in [3.8, 4) is 0 Å². The van der Waals surface area contributed by atoms with E-state index in [9.17, 15) is 5.11 Å². The van der Waals surface area contributed by atoms with E-state index in [0.29, 0.717) is 11.8 Å². The third kappa shape index (κ3) is 3.44. The molecule has 1 saturated heterocycles. The number of piperidine rings is 1. The van der Waals surface area contributed by atoms with E-state index in [1.807, 2.05) is 6.92 Å². The smallest absolute Gasteiger partial charge is 0.0686 e. The van der Waals surface area contributed by atoms with Crippen LogP contribution in [-0.2, 0) is 4.74 Å². The Morgan fingerprint density at radius 2 is 2.33 bits per heavy atom. The highest BCUT2D eigenvalue weighted by molar-refractivity contribution is 4.89. The molecule has 3 unspecified atom stereocenters. The van der Waals surface area contributed by atoms with Gasteiger partial charge in [0.15, 0.2) is 0 Å². The van der Waals surface area contributed by atoms with Crippen LogP contribution in [0.2, 0.25) is 0 Å². The van der Waals surface area contributed by atoms with Crippen molar-refractivity contribution in [1.29, 1.82) is 0 Å². The van der Waals surface area contributed by atoms with Gasteiger partial charge in [0.2, 0.25) is 0 Å². The van der Waals surface area contributed by atoms with Crippen molar-refractivity contribution in [2.75, 3.05) is 26.8 Å². The molecule has 0 bridgehead atoms. The molecule has 2 N–H and O–H groups in total. The van der Waals surface area contributed by atoms with E-state index in [0.717, 1.165) is 32.5 Å². The molecule has 1 heterocycles. The van der Waals surface area contributed by atoms with Gasteiger partial charge in [0.1, 0.15) is 0 Å². The van der Waals surface area contributed by atoms with Gasteiger partial charge in [-0.3, -0.25) is 0 Å². The Kier molecular flexibility index (Phi) is 5.03. The van der Waals surface area contributed by atoms with Gasteiger partial charge in [-0.15, -0.1) is 0 Å². The van der Waals surface area contributed by atoms with Gasteiger partial charge in [-0.25, -0.2) is 0 Å². The molecule has 1 aliphatic rings. The zero-order chi connectivity index (χ0) is 11.3. The Bertz CT molecular complexity index is 176. The van der Waals surface area contributed by atoms with Crippen molar-refractivity contribution in [2.45, 2.75) is 38.7 Å². The number of hydrogen-bond acceptors (Lipinski definition) is 3. The summed E-state index contributed by atoms with van der Waals surface area (Å²) in [5, 5.41) is 13.9. The van der Waals surface area contributed by atoms with E-state index in [1.165, 1.54) is 6.42 Å². The predicted molar refractivity (Wildman–Crippen MR) is 61.9 cm³/mol. The SMILES string of the molecule is COCCC(C)C(C)(O)C1CCCNC1. The summed E-state index contributed by atoms with van der Waals surface area (Å²) in [6.07, 6.45) is 3.25. The second-order valence-electron chi connectivity index (χ2n) is 4.95. The summed E-state index contributed by atoms with van der Waals surface area (Å²) in [4.78, 5) is 0. The normalized spacial score (nSPS) is 28.4. The van der Waals surface area contributed by atoms with Crippen LogP contribution in [0.25, 0.3) is 0 Å². The fraction of sp³-hybridized carbons (Fsp3) is 1.00. The van der Waals surface area contributed by atoms with Crippen molar-refractivity contribution in [3.63, 3.8) is 0 Å². The highest BCUT2D eigenvalue weighted by Crippen LogP contribution is 2.32. The van der Waals surface area contributed by atoms with E-state index in [4.69, 9.17) is 4.74 Å². The van der Waals surface area contributed by atoms with Crippen LogP contribution in [0, 0.1) is 11.8 Å². The molecule has 1 rings (SSSR count). The number of rotatable bonds is 5. The van der Waals surface area contributed by atoms with Gasteiger partial charge in [-0.05, 0) is 38.6 Å². The lowest BCUT2D eigenvalue weighted by Gasteiger charge is -2.40. The highest BCUT2D eigenvalue weighted by Gasteiger charge is 2.37.